The highest BCUT2D eigenvalue weighted by molar-refractivity contribution is 6.35. The van der Waals surface area contributed by atoms with Gasteiger partial charge in [0.2, 0.25) is 0 Å². The molecule has 0 aliphatic heterocycles. The van der Waals surface area contributed by atoms with Crippen LogP contribution >= 0.6 is 23.2 Å². The van der Waals surface area contributed by atoms with Gasteiger partial charge in [-0.25, -0.2) is 4.39 Å². The summed E-state index contributed by atoms with van der Waals surface area (Å²) in [6, 6.07) is 9.65. The minimum absolute atomic E-state index is 0.0364. The van der Waals surface area contributed by atoms with E-state index in [4.69, 9.17) is 23.2 Å². The molecule has 2 nitrogen and oxygen atoms in total. The average molecular weight is 314 g/mol. The van der Waals surface area contributed by atoms with Crippen LogP contribution in [0.25, 0.3) is 0 Å². The highest BCUT2D eigenvalue weighted by Gasteiger charge is 2.07. The van der Waals surface area contributed by atoms with Crippen LogP contribution < -0.4 is 5.32 Å². The quantitative estimate of drug-likeness (QED) is 0.812. The average Bonchev–Trinajstić information content (AvgIpc) is 2.40. The van der Waals surface area contributed by atoms with Crippen molar-refractivity contribution in [2.75, 3.05) is 6.54 Å². The lowest BCUT2D eigenvalue weighted by atomic mass is 10.1. The number of hydrogen-bond acceptors (Lipinski definition) is 2. The zero-order valence-corrected chi connectivity index (χ0v) is 12.2. The van der Waals surface area contributed by atoms with E-state index >= 15 is 0 Å². The van der Waals surface area contributed by atoms with Crippen molar-refractivity contribution in [3.05, 3.63) is 63.4 Å². The third-order valence-electron chi connectivity index (χ3n) is 2.90. The van der Waals surface area contributed by atoms with E-state index < -0.39 is 0 Å². The summed E-state index contributed by atoms with van der Waals surface area (Å²) in [4.78, 5) is 0. The van der Waals surface area contributed by atoms with Crippen LogP contribution in [0, 0.1) is 5.82 Å². The summed E-state index contributed by atoms with van der Waals surface area (Å²) in [7, 11) is 0. The first-order chi connectivity index (χ1) is 9.56. The summed E-state index contributed by atoms with van der Waals surface area (Å²) < 4.78 is 13.0. The summed E-state index contributed by atoms with van der Waals surface area (Å²) in [5, 5.41) is 13.7. The Morgan fingerprint density at radius 2 is 1.95 bits per heavy atom. The van der Waals surface area contributed by atoms with E-state index in [-0.39, 0.29) is 16.6 Å². The standard InChI is InChI=1S/C15H14Cl2FNO/c16-12-7-11(15(20)14(17)8-12)9-19-5-4-10-2-1-3-13(18)6-10/h1-3,6-8,19-20H,4-5,9H2. The number of hydrogen-bond donors (Lipinski definition) is 2. The van der Waals surface area contributed by atoms with Gasteiger partial charge in [0.05, 0.1) is 5.02 Å². The molecule has 0 spiro atoms. The van der Waals surface area contributed by atoms with Gasteiger partial charge in [-0.3, -0.25) is 0 Å². The molecule has 0 fully saturated rings. The zero-order valence-electron chi connectivity index (χ0n) is 10.7. The molecule has 0 saturated heterocycles. The second kappa shape index (κ2) is 6.93. The van der Waals surface area contributed by atoms with Gasteiger partial charge in [0, 0.05) is 17.1 Å². The third kappa shape index (κ3) is 4.10. The second-order valence-corrected chi connectivity index (χ2v) is 5.30. The van der Waals surface area contributed by atoms with E-state index in [9.17, 15) is 9.50 Å². The Bertz CT molecular complexity index is 604. The maximum absolute atomic E-state index is 13.0. The molecule has 2 N–H and O–H groups in total. The van der Waals surface area contributed by atoms with E-state index in [2.05, 4.69) is 5.32 Å². The Labute approximate surface area is 127 Å². The molecule has 0 unspecified atom stereocenters. The number of phenolic OH excluding ortho intramolecular Hbond substituents is 1. The number of aromatic hydroxyl groups is 1. The predicted octanol–water partition coefficient (Wildman–Crippen LogP) is 4.17. The number of halogens is 3. The van der Waals surface area contributed by atoms with Gasteiger partial charge in [-0.15, -0.1) is 0 Å². The van der Waals surface area contributed by atoms with Crippen molar-refractivity contribution in [1.29, 1.82) is 0 Å². The lowest BCUT2D eigenvalue weighted by Gasteiger charge is -2.09. The maximum atomic E-state index is 13.0. The van der Waals surface area contributed by atoms with Crippen molar-refractivity contribution in [1.82, 2.24) is 5.32 Å². The van der Waals surface area contributed by atoms with Crippen LogP contribution in [0.5, 0.6) is 5.75 Å². The first kappa shape index (κ1) is 15.1. The Hall–Kier alpha value is -1.29. The molecular formula is C15H14Cl2FNO. The van der Waals surface area contributed by atoms with Crippen LogP contribution in [0.1, 0.15) is 11.1 Å². The smallest absolute Gasteiger partial charge is 0.138 e. The van der Waals surface area contributed by atoms with Crippen molar-refractivity contribution in [3.8, 4) is 5.75 Å². The zero-order chi connectivity index (χ0) is 14.5. The minimum atomic E-state index is -0.234. The minimum Gasteiger partial charge on any atom is -0.506 e. The lowest BCUT2D eigenvalue weighted by Crippen LogP contribution is -2.16. The molecule has 0 heterocycles. The summed E-state index contributed by atoms with van der Waals surface area (Å²) in [6.45, 7) is 1.11. The molecule has 5 heteroatoms. The van der Waals surface area contributed by atoms with Gasteiger partial charge in [-0.2, -0.15) is 0 Å². The summed E-state index contributed by atoms with van der Waals surface area (Å²) in [5.74, 6) is -0.198. The van der Waals surface area contributed by atoms with Crippen molar-refractivity contribution in [2.24, 2.45) is 0 Å². The van der Waals surface area contributed by atoms with E-state index in [0.717, 1.165) is 5.56 Å². The van der Waals surface area contributed by atoms with E-state index in [1.807, 2.05) is 6.07 Å². The lowest BCUT2D eigenvalue weighted by molar-refractivity contribution is 0.465. The second-order valence-electron chi connectivity index (χ2n) is 4.45. The van der Waals surface area contributed by atoms with E-state index in [0.29, 0.717) is 30.1 Å². The summed E-state index contributed by atoms with van der Waals surface area (Å²) in [5.41, 5.74) is 1.56. The molecule has 0 radical (unpaired) electrons. The van der Waals surface area contributed by atoms with Crippen LogP contribution in [0.15, 0.2) is 36.4 Å². The number of nitrogens with one attached hydrogen (secondary N) is 1. The Morgan fingerprint density at radius 1 is 1.15 bits per heavy atom. The Kier molecular flexibility index (Phi) is 5.24. The molecule has 0 aliphatic rings. The van der Waals surface area contributed by atoms with Crippen LogP contribution in [-0.2, 0) is 13.0 Å². The number of phenols is 1. The molecular weight excluding hydrogens is 300 g/mol. The number of benzene rings is 2. The summed E-state index contributed by atoms with van der Waals surface area (Å²) in [6.07, 6.45) is 0.701. The number of rotatable bonds is 5. The fourth-order valence-electron chi connectivity index (χ4n) is 1.90. The van der Waals surface area contributed by atoms with Gasteiger partial charge < -0.3 is 10.4 Å². The molecule has 0 aromatic heterocycles. The molecule has 0 saturated carbocycles. The van der Waals surface area contributed by atoms with Crippen molar-refractivity contribution in [3.63, 3.8) is 0 Å². The van der Waals surface area contributed by atoms with Crippen LogP contribution in [0.3, 0.4) is 0 Å². The van der Waals surface area contributed by atoms with E-state index in [1.165, 1.54) is 18.2 Å². The van der Waals surface area contributed by atoms with Gasteiger partial charge in [-0.05, 0) is 42.8 Å². The Morgan fingerprint density at radius 3 is 2.70 bits per heavy atom. The molecule has 0 amide bonds. The molecule has 20 heavy (non-hydrogen) atoms. The van der Waals surface area contributed by atoms with Crippen molar-refractivity contribution < 1.29 is 9.50 Å². The largest absolute Gasteiger partial charge is 0.506 e. The Balaban J connectivity index is 1.87. The van der Waals surface area contributed by atoms with Gasteiger partial charge in [0.15, 0.2) is 0 Å². The van der Waals surface area contributed by atoms with Crippen LogP contribution in [0.4, 0.5) is 4.39 Å². The maximum Gasteiger partial charge on any atom is 0.138 e. The van der Waals surface area contributed by atoms with Gasteiger partial charge in [0.25, 0.3) is 0 Å². The molecule has 2 rings (SSSR count). The molecule has 2 aromatic rings. The summed E-state index contributed by atoms with van der Waals surface area (Å²) >= 11 is 11.7. The molecule has 0 aliphatic carbocycles. The SMILES string of the molecule is Oc1c(Cl)cc(Cl)cc1CNCCc1cccc(F)c1. The van der Waals surface area contributed by atoms with Gasteiger partial charge in [0.1, 0.15) is 11.6 Å². The van der Waals surface area contributed by atoms with Gasteiger partial charge in [-0.1, -0.05) is 35.3 Å². The molecule has 2 aromatic carbocycles. The van der Waals surface area contributed by atoms with E-state index in [1.54, 1.807) is 12.1 Å². The molecule has 106 valence electrons. The highest BCUT2D eigenvalue weighted by atomic mass is 35.5. The third-order valence-corrected chi connectivity index (χ3v) is 3.41. The van der Waals surface area contributed by atoms with Crippen LogP contribution in [-0.4, -0.2) is 11.7 Å². The van der Waals surface area contributed by atoms with Crippen molar-refractivity contribution in [2.45, 2.75) is 13.0 Å². The fraction of sp³-hybridized carbons (Fsp3) is 0.200. The topological polar surface area (TPSA) is 32.3 Å². The first-order valence-electron chi connectivity index (χ1n) is 6.18. The first-order valence-corrected chi connectivity index (χ1v) is 6.94. The monoisotopic (exact) mass is 313 g/mol. The predicted molar refractivity (Wildman–Crippen MR) is 79.9 cm³/mol. The normalized spacial score (nSPS) is 10.8. The molecule has 0 atom stereocenters. The molecule has 0 bridgehead atoms. The van der Waals surface area contributed by atoms with Crippen LogP contribution in [0.2, 0.25) is 10.0 Å². The fourth-order valence-corrected chi connectivity index (χ4v) is 2.44. The van der Waals surface area contributed by atoms with Gasteiger partial charge >= 0.3 is 0 Å². The highest BCUT2D eigenvalue weighted by Crippen LogP contribution is 2.30. The van der Waals surface area contributed by atoms with Crippen molar-refractivity contribution >= 4 is 23.2 Å².